The smallest absolute Gasteiger partial charge is 0.318 e. The van der Waals surface area contributed by atoms with Crippen LogP contribution in [0.15, 0.2) is 23.8 Å². The average molecular weight is 236 g/mol. The highest BCUT2D eigenvalue weighted by atomic mass is 35.5. The van der Waals surface area contributed by atoms with Crippen LogP contribution in [0.5, 0.6) is 0 Å². The van der Waals surface area contributed by atoms with Crippen molar-refractivity contribution in [2.45, 2.75) is 0 Å². The molecule has 0 radical (unpaired) electrons. The lowest BCUT2D eigenvalue weighted by Gasteiger charge is -2.13. The van der Waals surface area contributed by atoms with Gasteiger partial charge in [-0.05, 0) is 11.6 Å². The van der Waals surface area contributed by atoms with Crippen LogP contribution in [0.4, 0.5) is 0 Å². The predicted molar refractivity (Wildman–Crippen MR) is 58.4 cm³/mol. The fraction of sp³-hybridized carbons (Fsp3) is 0.333. The second-order valence-electron chi connectivity index (χ2n) is 2.67. The maximum atomic E-state index is 11.1. The third-order valence-corrected chi connectivity index (χ3v) is 2.10. The topological polar surface area (TPSA) is 50.2 Å². The minimum atomic E-state index is -0.572. The van der Waals surface area contributed by atoms with Crippen molar-refractivity contribution < 1.29 is 9.53 Å². The van der Waals surface area contributed by atoms with Gasteiger partial charge in [0, 0.05) is 11.6 Å². The summed E-state index contributed by atoms with van der Waals surface area (Å²) in [6.45, 7) is 0. The molecule has 1 N–H and O–H groups in total. The van der Waals surface area contributed by atoms with E-state index in [-0.39, 0.29) is 18.1 Å². The molecular formula is C9H11Cl2NO2. The number of nitrogens with one attached hydrogen (secondary N) is 1. The van der Waals surface area contributed by atoms with Crippen molar-refractivity contribution in [1.82, 2.24) is 0 Å². The van der Waals surface area contributed by atoms with Crippen LogP contribution in [0.1, 0.15) is 0 Å². The number of halogens is 2. The number of carbonyl (C=O) groups is 1. The summed E-state index contributed by atoms with van der Waals surface area (Å²) < 4.78 is 4.54. The quantitative estimate of drug-likeness (QED) is 0.588. The Hall–Kier alpha value is -0.800. The van der Waals surface area contributed by atoms with Gasteiger partial charge in [-0.25, -0.2) is 0 Å². The number of alkyl halides is 1. The van der Waals surface area contributed by atoms with Gasteiger partial charge < -0.3 is 10.1 Å². The summed E-state index contributed by atoms with van der Waals surface area (Å²) in [5.41, 5.74) is 1.07. The van der Waals surface area contributed by atoms with Crippen LogP contribution < -0.4 is 0 Å². The summed E-state index contributed by atoms with van der Waals surface area (Å²) in [6, 6.07) is 0. The van der Waals surface area contributed by atoms with Gasteiger partial charge in [0.1, 0.15) is 5.92 Å². The van der Waals surface area contributed by atoms with Crippen LogP contribution in [0.3, 0.4) is 0 Å². The lowest BCUT2D eigenvalue weighted by molar-refractivity contribution is -0.141. The molecule has 1 aliphatic carbocycles. The first-order chi connectivity index (χ1) is 6.19. The van der Waals surface area contributed by atoms with Gasteiger partial charge in [0.25, 0.3) is 0 Å². The number of esters is 1. The Morgan fingerprint density at radius 1 is 1.71 bits per heavy atom. The normalized spacial score (nSPS) is 19.7. The highest BCUT2D eigenvalue weighted by Crippen LogP contribution is 2.15. The van der Waals surface area contributed by atoms with E-state index in [9.17, 15) is 4.79 Å². The highest BCUT2D eigenvalue weighted by molar-refractivity contribution is 6.20. The Labute approximate surface area is 93.7 Å². The minimum absolute atomic E-state index is 0. The second-order valence-corrected chi connectivity index (χ2v) is 2.94. The summed E-state index contributed by atoms with van der Waals surface area (Å²) >= 11 is 5.57. The zero-order valence-corrected chi connectivity index (χ0v) is 9.19. The molecule has 1 aliphatic rings. The Balaban J connectivity index is 0.00000169. The average Bonchev–Trinajstić information content (AvgIpc) is 2.16. The molecule has 0 amide bonds. The fourth-order valence-electron chi connectivity index (χ4n) is 1.08. The summed E-state index contributed by atoms with van der Waals surface area (Å²) in [5.74, 6) is -0.629. The molecule has 0 aliphatic heterocycles. The van der Waals surface area contributed by atoms with E-state index in [1.54, 1.807) is 18.2 Å². The van der Waals surface area contributed by atoms with E-state index in [0.717, 1.165) is 5.57 Å². The van der Waals surface area contributed by atoms with Crippen molar-refractivity contribution in [1.29, 1.82) is 5.41 Å². The van der Waals surface area contributed by atoms with Gasteiger partial charge in [0.05, 0.1) is 7.11 Å². The second kappa shape index (κ2) is 5.83. The molecule has 1 rings (SSSR count). The van der Waals surface area contributed by atoms with E-state index in [1.807, 2.05) is 0 Å². The van der Waals surface area contributed by atoms with Gasteiger partial charge in [-0.1, -0.05) is 12.2 Å². The van der Waals surface area contributed by atoms with Gasteiger partial charge in [-0.15, -0.1) is 24.0 Å². The van der Waals surface area contributed by atoms with Crippen LogP contribution in [0.2, 0.25) is 0 Å². The molecule has 0 saturated carbocycles. The van der Waals surface area contributed by atoms with Crippen LogP contribution in [-0.2, 0) is 9.53 Å². The summed E-state index contributed by atoms with van der Waals surface area (Å²) in [4.78, 5) is 11.1. The number of methoxy groups -OCH3 is 1. The molecule has 1 atom stereocenters. The van der Waals surface area contributed by atoms with E-state index in [4.69, 9.17) is 17.0 Å². The first kappa shape index (κ1) is 13.2. The third-order valence-electron chi connectivity index (χ3n) is 1.79. The number of hydrogen-bond acceptors (Lipinski definition) is 3. The number of ether oxygens (including phenoxy) is 1. The molecule has 3 nitrogen and oxygen atoms in total. The summed E-state index contributed by atoms with van der Waals surface area (Å²) in [5, 5.41) is 7.53. The number of allylic oxidation sites excluding steroid dienone is 3. The minimum Gasteiger partial charge on any atom is -0.468 e. The molecule has 0 aromatic carbocycles. The summed E-state index contributed by atoms with van der Waals surface area (Å²) in [6.07, 6.45) is 4.97. The van der Waals surface area contributed by atoms with Crippen molar-refractivity contribution in [2.75, 3.05) is 13.0 Å². The maximum Gasteiger partial charge on any atom is 0.318 e. The Kier molecular flexibility index (Phi) is 5.50. The molecule has 0 heterocycles. The number of carbonyl (C=O) groups excluding carboxylic acids is 1. The first-order valence-electron chi connectivity index (χ1n) is 3.80. The number of hydrogen-bond donors (Lipinski definition) is 1. The molecule has 0 aromatic heterocycles. The molecule has 0 aromatic rings. The van der Waals surface area contributed by atoms with E-state index >= 15 is 0 Å². The Bertz CT molecular complexity index is 297. The van der Waals surface area contributed by atoms with E-state index < -0.39 is 11.9 Å². The monoisotopic (exact) mass is 235 g/mol. The Morgan fingerprint density at radius 3 is 2.79 bits per heavy atom. The molecule has 0 bridgehead atoms. The molecule has 5 heteroatoms. The van der Waals surface area contributed by atoms with E-state index in [2.05, 4.69) is 4.74 Å². The Morgan fingerprint density at radius 2 is 2.36 bits per heavy atom. The fourth-order valence-corrected chi connectivity index (χ4v) is 1.24. The highest BCUT2D eigenvalue weighted by Gasteiger charge is 2.22. The maximum absolute atomic E-state index is 11.1. The van der Waals surface area contributed by atoms with Crippen molar-refractivity contribution in [3.8, 4) is 0 Å². The first-order valence-corrected chi connectivity index (χ1v) is 4.33. The molecule has 0 fully saturated rings. The molecule has 0 saturated heterocycles. The van der Waals surface area contributed by atoms with Crippen molar-refractivity contribution in [3.63, 3.8) is 0 Å². The molecule has 0 spiro atoms. The number of rotatable bonds is 2. The molecule has 1 unspecified atom stereocenters. The van der Waals surface area contributed by atoms with Crippen LogP contribution >= 0.6 is 24.0 Å². The molecular weight excluding hydrogens is 225 g/mol. The molecule has 78 valence electrons. The van der Waals surface area contributed by atoms with Crippen molar-refractivity contribution in [2.24, 2.45) is 5.92 Å². The zero-order valence-electron chi connectivity index (χ0n) is 7.62. The largest absolute Gasteiger partial charge is 0.468 e. The standard InChI is InChI=1S/C9H10ClNO2.ClH/c1-13-9(12)7-3-2-6(5-10)4-8(7)11;/h2-4,7,11H,5H2,1H3;1H. The predicted octanol–water partition coefficient (Wildman–Crippen LogP) is 1.95. The van der Waals surface area contributed by atoms with Crippen LogP contribution in [0.25, 0.3) is 0 Å². The van der Waals surface area contributed by atoms with Gasteiger partial charge in [0.15, 0.2) is 0 Å². The van der Waals surface area contributed by atoms with E-state index in [1.165, 1.54) is 7.11 Å². The lowest BCUT2D eigenvalue weighted by atomic mass is 9.95. The van der Waals surface area contributed by atoms with Crippen molar-refractivity contribution in [3.05, 3.63) is 23.8 Å². The van der Waals surface area contributed by atoms with Gasteiger partial charge in [-0.2, -0.15) is 0 Å². The van der Waals surface area contributed by atoms with E-state index in [0.29, 0.717) is 5.88 Å². The third kappa shape index (κ3) is 2.86. The van der Waals surface area contributed by atoms with Gasteiger partial charge in [-0.3, -0.25) is 4.79 Å². The summed E-state index contributed by atoms with van der Waals surface area (Å²) in [7, 11) is 1.31. The SMILES string of the molecule is COC(=O)C1C=CC(CCl)=CC1=N.Cl. The van der Waals surface area contributed by atoms with Crippen LogP contribution in [0, 0.1) is 11.3 Å². The molecule has 14 heavy (non-hydrogen) atoms. The van der Waals surface area contributed by atoms with Crippen molar-refractivity contribution >= 4 is 35.7 Å². The van der Waals surface area contributed by atoms with Crippen LogP contribution in [-0.4, -0.2) is 24.7 Å². The zero-order chi connectivity index (χ0) is 9.84. The van der Waals surface area contributed by atoms with Gasteiger partial charge in [0.2, 0.25) is 0 Å². The van der Waals surface area contributed by atoms with Gasteiger partial charge >= 0.3 is 5.97 Å². The lowest BCUT2D eigenvalue weighted by Crippen LogP contribution is -2.23.